The lowest BCUT2D eigenvalue weighted by atomic mass is 10.1. The number of aromatic hydroxyl groups is 1. The number of hydrogen-bond donors (Lipinski definition) is 3. The molecule has 0 spiro atoms. The second-order valence-corrected chi connectivity index (χ2v) is 4.33. The van der Waals surface area contributed by atoms with Crippen molar-refractivity contribution in [2.24, 2.45) is 0 Å². The van der Waals surface area contributed by atoms with Crippen LogP contribution in [-0.4, -0.2) is 16.9 Å². The highest BCUT2D eigenvalue weighted by atomic mass is 19.1. The molecule has 108 valence electrons. The number of para-hydroxylation sites is 1. The van der Waals surface area contributed by atoms with Crippen LogP contribution in [0.15, 0.2) is 48.5 Å². The maximum atomic E-state index is 13.0. The molecule has 0 atom stereocenters. The van der Waals surface area contributed by atoms with Crippen LogP contribution in [0.3, 0.4) is 0 Å². The summed E-state index contributed by atoms with van der Waals surface area (Å²) in [7, 11) is 0. The number of phenolic OH excluding ortho intramolecular Hbond substituents is 1. The minimum Gasteiger partial charge on any atom is -0.507 e. The number of amides is 2. The van der Waals surface area contributed by atoms with Crippen LogP contribution < -0.4 is 10.9 Å². The van der Waals surface area contributed by atoms with Crippen molar-refractivity contribution in [3.05, 3.63) is 65.5 Å². The summed E-state index contributed by atoms with van der Waals surface area (Å²) in [5.41, 5.74) is 4.92. The smallest absolute Gasteiger partial charge is 0.273 e. The number of carbonyl (C=O) groups is 2. The zero-order valence-corrected chi connectivity index (χ0v) is 11.0. The molecule has 0 aliphatic carbocycles. The van der Waals surface area contributed by atoms with Gasteiger partial charge >= 0.3 is 0 Å². The van der Waals surface area contributed by atoms with Gasteiger partial charge in [-0.25, -0.2) is 4.39 Å². The molecular weight excluding hydrogens is 275 g/mol. The summed E-state index contributed by atoms with van der Waals surface area (Å²) in [6.45, 7) is 0. The second kappa shape index (κ2) is 6.51. The monoisotopic (exact) mass is 288 g/mol. The highest BCUT2D eigenvalue weighted by molar-refractivity contribution is 5.97. The molecule has 21 heavy (non-hydrogen) atoms. The van der Waals surface area contributed by atoms with Gasteiger partial charge in [0, 0.05) is 0 Å². The Morgan fingerprint density at radius 3 is 2.52 bits per heavy atom. The zero-order chi connectivity index (χ0) is 15.2. The molecule has 5 nitrogen and oxygen atoms in total. The molecule has 0 bridgehead atoms. The minimum absolute atomic E-state index is 0.0450. The SMILES string of the molecule is O=C(Cc1cccc(F)c1)NNC(=O)c1ccccc1O. The van der Waals surface area contributed by atoms with Crippen LogP contribution >= 0.6 is 0 Å². The number of carbonyl (C=O) groups excluding carboxylic acids is 2. The van der Waals surface area contributed by atoms with E-state index in [1.54, 1.807) is 18.2 Å². The molecule has 0 aliphatic heterocycles. The molecule has 0 aliphatic rings. The van der Waals surface area contributed by atoms with Gasteiger partial charge in [0.25, 0.3) is 5.91 Å². The first-order valence-electron chi connectivity index (χ1n) is 6.18. The fourth-order valence-corrected chi connectivity index (χ4v) is 1.74. The van der Waals surface area contributed by atoms with Gasteiger partial charge in [0.2, 0.25) is 5.91 Å². The van der Waals surface area contributed by atoms with Crippen molar-refractivity contribution >= 4 is 11.8 Å². The molecule has 0 aromatic heterocycles. The van der Waals surface area contributed by atoms with Crippen LogP contribution in [0, 0.1) is 5.82 Å². The summed E-state index contributed by atoms with van der Waals surface area (Å²) in [4.78, 5) is 23.4. The fourth-order valence-electron chi connectivity index (χ4n) is 1.74. The summed E-state index contributed by atoms with van der Waals surface area (Å²) in [5, 5.41) is 9.50. The lowest BCUT2D eigenvalue weighted by Gasteiger charge is -2.08. The average molecular weight is 288 g/mol. The highest BCUT2D eigenvalue weighted by Crippen LogP contribution is 2.14. The topological polar surface area (TPSA) is 78.4 Å². The molecule has 6 heteroatoms. The average Bonchev–Trinajstić information content (AvgIpc) is 2.45. The van der Waals surface area contributed by atoms with Crippen molar-refractivity contribution in [2.75, 3.05) is 0 Å². The first-order valence-corrected chi connectivity index (χ1v) is 6.18. The van der Waals surface area contributed by atoms with Crippen LogP contribution in [0.25, 0.3) is 0 Å². The Bertz CT molecular complexity index is 673. The Kier molecular flexibility index (Phi) is 4.50. The molecular formula is C15H13FN2O3. The molecule has 3 N–H and O–H groups in total. The molecule has 0 radical (unpaired) electrons. The normalized spacial score (nSPS) is 9.95. The summed E-state index contributed by atoms with van der Waals surface area (Å²) in [5.74, 6) is -1.75. The van der Waals surface area contributed by atoms with Crippen molar-refractivity contribution in [3.8, 4) is 5.75 Å². The van der Waals surface area contributed by atoms with Gasteiger partial charge in [-0.15, -0.1) is 0 Å². The van der Waals surface area contributed by atoms with Gasteiger partial charge in [-0.05, 0) is 29.8 Å². The van der Waals surface area contributed by atoms with Crippen molar-refractivity contribution in [1.82, 2.24) is 10.9 Å². The predicted molar refractivity (Wildman–Crippen MR) is 73.8 cm³/mol. The van der Waals surface area contributed by atoms with Crippen molar-refractivity contribution in [2.45, 2.75) is 6.42 Å². The molecule has 0 fully saturated rings. The van der Waals surface area contributed by atoms with E-state index in [2.05, 4.69) is 10.9 Å². The number of phenols is 1. The minimum atomic E-state index is -0.638. The van der Waals surface area contributed by atoms with E-state index in [-0.39, 0.29) is 17.7 Å². The molecule has 2 rings (SSSR count). The van der Waals surface area contributed by atoms with Crippen LogP contribution in [-0.2, 0) is 11.2 Å². The third-order valence-corrected chi connectivity index (χ3v) is 2.72. The van der Waals surface area contributed by atoms with Crippen LogP contribution in [0.2, 0.25) is 0 Å². The van der Waals surface area contributed by atoms with Gasteiger partial charge in [-0.1, -0.05) is 24.3 Å². The van der Waals surface area contributed by atoms with Gasteiger partial charge in [-0.3, -0.25) is 20.4 Å². The van der Waals surface area contributed by atoms with Crippen LogP contribution in [0.4, 0.5) is 4.39 Å². The number of halogens is 1. The Balaban J connectivity index is 1.90. The van der Waals surface area contributed by atoms with E-state index in [0.29, 0.717) is 5.56 Å². The van der Waals surface area contributed by atoms with E-state index in [1.807, 2.05) is 0 Å². The van der Waals surface area contributed by atoms with Gasteiger partial charge < -0.3 is 5.11 Å². The van der Waals surface area contributed by atoms with E-state index < -0.39 is 17.6 Å². The van der Waals surface area contributed by atoms with Gasteiger partial charge in [0.05, 0.1) is 12.0 Å². The Hall–Kier alpha value is -2.89. The molecule has 2 aromatic rings. The molecule has 0 heterocycles. The quantitative estimate of drug-likeness (QED) is 0.750. The maximum Gasteiger partial charge on any atom is 0.273 e. The van der Waals surface area contributed by atoms with Gasteiger partial charge in [0.1, 0.15) is 11.6 Å². The molecule has 2 amide bonds. The number of rotatable bonds is 3. The highest BCUT2D eigenvalue weighted by Gasteiger charge is 2.11. The molecule has 0 saturated carbocycles. The Labute approximate surface area is 120 Å². The Morgan fingerprint density at radius 1 is 1.05 bits per heavy atom. The van der Waals surface area contributed by atoms with Crippen molar-refractivity contribution in [1.29, 1.82) is 0 Å². The number of hydrogen-bond acceptors (Lipinski definition) is 3. The van der Waals surface area contributed by atoms with Crippen molar-refractivity contribution < 1.29 is 19.1 Å². The van der Waals surface area contributed by atoms with Gasteiger partial charge in [0.15, 0.2) is 0 Å². The largest absolute Gasteiger partial charge is 0.507 e. The van der Waals surface area contributed by atoms with Crippen molar-refractivity contribution in [3.63, 3.8) is 0 Å². The lowest BCUT2D eigenvalue weighted by molar-refractivity contribution is -0.121. The van der Waals surface area contributed by atoms with E-state index >= 15 is 0 Å². The number of nitrogens with one attached hydrogen (secondary N) is 2. The summed E-state index contributed by atoms with van der Waals surface area (Å²) >= 11 is 0. The molecule has 0 saturated heterocycles. The first kappa shape index (κ1) is 14.5. The van der Waals surface area contributed by atoms with Gasteiger partial charge in [-0.2, -0.15) is 0 Å². The fraction of sp³-hybridized carbons (Fsp3) is 0.0667. The predicted octanol–water partition coefficient (Wildman–Crippen LogP) is 1.53. The molecule has 0 unspecified atom stereocenters. The number of benzene rings is 2. The van der Waals surface area contributed by atoms with Crippen LogP contribution in [0.5, 0.6) is 5.75 Å². The second-order valence-electron chi connectivity index (χ2n) is 4.33. The summed E-state index contributed by atoms with van der Waals surface area (Å²) < 4.78 is 13.0. The third kappa shape index (κ3) is 4.04. The molecule has 2 aromatic carbocycles. The maximum absolute atomic E-state index is 13.0. The van der Waals surface area contributed by atoms with E-state index in [0.717, 1.165) is 0 Å². The third-order valence-electron chi connectivity index (χ3n) is 2.72. The lowest BCUT2D eigenvalue weighted by Crippen LogP contribution is -2.42. The Morgan fingerprint density at radius 2 is 1.81 bits per heavy atom. The van der Waals surface area contributed by atoms with Crippen LogP contribution in [0.1, 0.15) is 15.9 Å². The van der Waals surface area contributed by atoms with E-state index in [9.17, 15) is 19.1 Å². The summed E-state index contributed by atoms with van der Waals surface area (Å²) in [6.07, 6.45) is -0.0706. The van der Waals surface area contributed by atoms with E-state index in [4.69, 9.17) is 0 Å². The standard InChI is InChI=1S/C15H13FN2O3/c16-11-5-3-4-10(8-11)9-14(20)17-18-15(21)12-6-1-2-7-13(12)19/h1-8,19H,9H2,(H,17,20)(H,18,21). The zero-order valence-electron chi connectivity index (χ0n) is 11.0. The van der Waals surface area contributed by atoms with E-state index in [1.165, 1.54) is 30.3 Å². The number of hydrazine groups is 1. The summed E-state index contributed by atoms with van der Waals surface area (Å²) in [6, 6.07) is 11.6. The first-order chi connectivity index (χ1) is 10.1.